The predicted molar refractivity (Wildman–Crippen MR) is 62.5 cm³/mol. The summed E-state index contributed by atoms with van der Waals surface area (Å²) in [6.07, 6.45) is 2.30. The van der Waals surface area contributed by atoms with Crippen molar-refractivity contribution in [1.29, 1.82) is 0 Å². The van der Waals surface area contributed by atoms with E-state index in [1.807, 2.05) is 5.43 Å². The first-order chi connectivity index (χ1) is 7.56. The van der Waals surface area contributed by atoms with E-state index in [0.29, 0.717) is 23.1 Å². The highest BCUT2D eigenvalue weighted by molar-refractivity contribution is 9.10. The van der Waals surface area contributed by atoms with Crippen molar-refractivity contribution < 1.29 is 4.79 Å². The summed E-state index contributed by atoms with van der Waals surface area (Å²) in [5.41, 5.74) is 2.55. The number of nitrogens with two attached hydrogens (primary N) is 1. The maximum atomic E-state index is 11.7. The van der Waals surface area contributed by atoms with Gasteiger partial charge in [-0.2, -0.15) is 0 Å². The smallest absolute Gasteiger partial charge is 0.267 e. The molecule has 1 rings (SSSR count). The molecular formula is C9H13BrN4O2. The number of carbonyl (C=O) groups excluding carboxylic acids is 1. The van der Waals surface area contributed by atoms with Gasteiger partial charge in [0.2, 0.25) is 5.91 Å². The molecule has 0 aromatic carbocycles. The van der Waals surface area contributed by atoms with Crippen molar-refractivity contribution in [2.45, 2.75) is 26.3 Å². The van der Waals surface area contributed by atoms with Crippen LogP contribution in [0.2, 0.25) is 0 Å². The van der Waals surface area contributed by atoms with Crippen LogP contribution < -0.4 is 16.8 Å². The number of nitrogens with one attached hydrogen (secondary N) is 1. The summed E-state index contributed by atoms with van der Waals surface area (Å²) < 4.78 is 1.92. The molecule has 0 radical (unpaired) electrons. The number of hydrogen-bond donors (Lipinski definition) is 2. The number of rotatable bonds is 4. The van der Waals surface area contributed by atoms with E-state index in [-0.39, 0.29) is 17.9 Å². The van der Waals surface area contributed by atoms with Gasteiger partial charge in [0, 0.05) is 13.0 Å². The molecule has 0 aliphatic carbocycles. The molecule has 1 heterocycles. The van der Waals surface area contributed by atoms with Gasteiger partial charge in [-0.1, -0.05) is 0 Å². The third-order valence-electron chi connectivity index (χ3n) is 2.12. The maximum absolute atomic E-state index is 11.7. The van der Waals surface area contributed by atoms with E-state index in [4.69, 9.17) is 5.84 Å². The molecule has 88 valence electrons. The minimum absolute atomic E-state index is 0.138. The molecule has 0 unspecified atom stereocenters. The molecule has 0 aliphatic heterocycles. The number of halogens is 1. The molecule has 6 nitrogen and oxygen atoms in total. The van der Waals surface area contributed by atoms with Crippen molar-refractivity contribution >= 4 is 21.8 Å². The Morgan fingerprint density at radius 3 is 3.00 bits per heavy atom. The Morgan fingerprint density at radius 2 is 2.38 bits per heavy atom. The quantitative estimate of drug-likeness (QED) is 0.467. The van der Waals surface area contributed by atoms with Gasteiger partial charge in [0.1, 0.15) is 4.47 Å². The number of amides is 1. The molecule has 1 amide bonds. The summed E-state index contributed by atoms with van der Waals surface area (Å²) in [5, 5.41) is 0. The van der Waals surface area contributed by atoms with E-state index < -0.39 is 0 Å². The van der Waals surface area contributed by atoms with Crippen molar-refractivity contribution in [3.63, 3.8) is 0 Å². The zero-order chi connectivity index (χ0) is 12.1. The molecule has 0 saturated heterocycles. The second-order valence-electron chi connectivity index (χ2n) is 3.31. The normalized spacial score (nSPS) is 10.2. The van der Waals surface area contributed by atoms with Crippen LogP contribution in [0.25, 0.3) is 0 Å². The van der Waals surface area contributed by atoms with Gasteiger partial charge in [-0.25, -0.2) is 10.8 Å². The van der Waals surface area contributed by atoms with Crippen molar-refractivity contribution in [2.24, 2.45) is 5.84 Å². The van der Waals surface area contributed by atoms with E-state index in [1.54, 1.807) is 6.92 Å². The van der Waals surface area contributed by atoms with Crippen LogP contribution in [0.4, 0.5) is 0 Å². The Labute approximate surface area is 101 Å². The second-order valence-corrected chi connectivity index (χ2v) is 4.11. The maximum Gasteiger partial charge on any atom is 0.267 e. The highest BCUT2D eigenvalue weighted by Crippen LogP contribution is 2.06. The first-order valence-corrected chi connectivity index (χ1v) is 5.56. The molecule has 7 heteroatoms. The van der Waals surface area contributed by atoms with E-state index in [1.165, 1.54) is 10.9 Å². The first-order valence-electron chi connectivity index (χ1n) is 4.77. The van der Waals surface area contributed by atoms with E-state index >= 15 is 0 Å². The van der Waals surface area contributed by atoms with Crippen LogP contribution in [0.1, 0.15) is 18.5 Å². The zero-order valence-corrected chi connectivity index (χ0v) is 10.5. The monoisotopic (exact) mass is 288 g/mol. The number of carbonyl (C=O) groups is 1. The second kappa shape index (κ2) is 5.76. The van der Waals surface area contributed by atoms with Gasteiger partial charge in [-0.3, -0.25) is 19.6 Å². The van der Waals surface area contributed by atoms with Crippen molar-refractivity contribution in [3.8, 4) is 0 Å². The fraction of sp³-hybridized carbons (Fsp3) is 0.444. The van der Waals surface area contributed by atoms with Crippen LogP contribution in [0.5, 0.6) is 0 Å². The van der Waals surface area contributed by atoms with Crippen LogP contribution in [0.15, 0.2) is 15.6 Å². The minimum Gasteiger partial charge on any atom is -0.298 e. The molecule has 0 saturated carbocycles. The Bertz CT molecular complexity index is 444. The molecule has 16 heavy (non-hydrogen) atoms. The van der Waals surface area contributed by atoms with E-state index in [0.717, 1.165) is 0 Å². The molecule has 0 fully saturated rings. The van der Waals surface area contributed by atoms with Crippen LogP contribution in [-0.2, 0) is 11.3 Å². The van der Waals surface area contributed by atoms with Crippen molar-refractivity contribution in [2.75, 3.05) is 0 Å². The summed E-state index contributed by atoms with van der Waals surface area (Å²) in [6, 6.07) is 0. The molecule has 1 aromatic heterocycles. The number of hydrogen-bond acceptors (Lipinski definition) is 4. The topological polar surface area (TPSA) is 90.0 Å². The molecule has 1 aromatic rings. The Morgan fingerprint density at radius 1 is 1.69 bits per heavy atom. The summed E-state index contributed by atoms with van der Waals surface area (Å²) in [5.74, 6) is 4.69. The van der Waals surface area contributed by atoms with E-state index in [2.05, 4.69) is 20.9 Å². The van der Waals surface area contributed by atoms with Gasteiger partial charge in [-0.15, -0.1) is 0 Å². The average Bonchev–Trinajstić information content (AvgIpc) is 2.29. The Hall–Kier alpha value is -1.21. The summed E-state index contributed by atoms with van der Waals surface area (Å²) in [7, 11) is 0. The van der Waals surface area contributed by atoms with Gasteiger partial charge < -0.3 is 0 Å². The number of nitrogens with zero attached hydrogens (tertiary/aromatic N) is 2. The van der Waals surface area contributed by atoms with Gasteiger partial charge in [0.25, 0.3) is 5.56 Å². The number of aromatic nitrogens is 2. The summed E-state index contributed by atoms with van der Waals surface area (Å²) in [6.45, 7) is 2.19. The minimum atomic E-state index is -0.243. The summed E-state index contributed by atoms with van der Waals surface area (Å²) >= 11 is 3.17. The number of hydrazine groups is 1. The van der Waals surface area contributed by atoms with Gasteiger partial charge in [0.05, 0.1) is 12.0 Å². The van der Waals surface area contributed by atoms with Crippen LogP contribution in [0, 0.1) is 6.92 Å². The molecular weight excluding hydrogens is 276 g/mol. The molecule has 3 N–H and O–H groups in total. The lowest BCUT2D eigenvalue weighted by molar-refractivity contribution is -0.121. The third-order valence-corrected chi connectivity index (χ3v) is 3.03. The molecule has 0 bridgehead atoms. The van der Waals surface area contributed by atoms with Crippen LogP contribution >= 0.6 is 15.9 Å². The standard InChI is InChI=1S/C9H13BrN4O2/c1-6-8(10)9(16)14(5-12-6)4-2-3-7(15)13-11/h5H,2-4,11H2,1H3,(H,13,15). The fourth-order valence-corrected chi connectivity index (χ4v) is 1.52. The predicted octanol–water partition coefficient (Wildman–Crippen LogP) is 0.0843. The SMILES string of the molecule is Cc1ncn(CCCC(=O)NN)c(=O)c1Br. The largest absolute Gasteiger partial charge is 0.298 e. The average molecular weight is 289 g/mol. The van der Waals surface area contributed by atoms with Crippen molar-refractivity contribution in [3.05, 3.63) is 26.8 Å². The van der Waals surface area contributed by atoms with E-state index in [9.17, 15) is 9.59 Å². The third kappa shape index (κ3) is 3.14. The zero-order valence-electron chi connectivity index (χ0n) is 8.86. The fourth-order valence-electron chi connectivity index (χ4n) is 1.19. The van der Waals surface area contributed by atoms with Gasteiger partial charge in [-0.05, 0) is 29.3 Å². The molecule has 0 atom stereocenters. The van der Waals surface area contributed by atoms with Gasteiger partial charge in [0.15, 0.2) is 0 Å². The highest BCUT2D eigenvalue weighted by Gasteiger charge is 2.05. The van der Waals surface area contributed by atoms with Gasteiger partial charge >= 0.3 is 0 Å². The van der Waals surface area contributed by atoms with Crippen LogP contribution in [0.3, 0.4) is 0 Å². The van der Waals surface area contributed by atoms with Crippen molar-refractivity contribution in [1.82, 2.24) is 15.0 Å². The molecule has 0 aliphatic rings. The lowest BCUT2D eigenvalue weighted by Crippen LogP contribution is -2.30. The molecule has 0 spiro atoms. The Balaban J connectivity index is 2.65. The first kappa shape index (κ1) is 12.9. The lowest BCUT2D eigenvalue weighted by Gasteiger charge is -2.06. The van der Waals surface area contributed by atoms with Crippen LogP contribution in [-0.4, -0.2) is 15.5 Å². The Kier molecular flexibility index (Phi) is 4.63. The highest BCUT2D eigenvalue weighted by atomic mass is 79.9. The lowest BCUT2D eigenvalue weighted by atomic mass is 10.3. The number of aryl methyl sites for hydroxylation is 2. The summed E-state index contributed by atoms with van der Waals surface area (Å²) in [4.78, 5) is 26.6.